The minimum absolute atomic E-state index is 0.0775. The van der Waals surface area contributed by atoms with E-state index in [2.05, 4.69) is 0 Å². The number of ether oxygens (including phenoxy) is 1. The molecule has 0 radical (unpaired) electrons. The molecular formula is C22H23NO4. The van der Waals surface area contributed by atoms with E-state index in [1.54, 1.807) is 11.2 Å². The molecular weight excluding hydrogens is 342 g/mol. The van der Waals surface area contributed by atoms with E-state index in [0.717, 1.165) is 27.7 Å². The van der Waals surface area contributed by atoms with Gasteiger partial charge in [0.25, 0.3) is 5.91 Å². The molecule has 0 N–H and O–H groups in total. The highest BCUT2D eigenvalue weighted by atomic mass is 16.5. The fourth-order valence-corrected chi connectivity index (χ4v) is 2.95. The summed E-state index contributed by atoms with van der Waals surface area (Å²) in [5.74, 6) is -0.648. The second-order valence-corrected chi connectivity index (χ2v) is 6.49. The summed E-state index contributed by atoms with van der Waals surface area (Å²) in [6, 6.07) is 15.6. The van der Waals surface area contributed by atoms with E-state index < -0.39 is 5.97 Å². The molecule has 0 saturated heterocycles. The molecule has 0 aliphatic carbocycles. The highest BCUT2D eigenvalue weighted by Gasteiger charge is 2.16. The summed E-state index contributed by atoms with van der Waals surface area (Å²) >= 11 is 0. The van der Waals surface area contributed by atoms with Crippen molar-refractivity contribution in [1.29, 1.82) is 0 Å². The van der Waals surface area contributed by atoms with Crippen LogP contribution in [0.15, 0.2) is 59.2 Å². The number of hydrogen-bond acceptors (Lipinski definition) is 4. The number of aryl methyl sites for hydroxylation is 1. The molecule has 5 heteroatoms. The molecule has 1 amide bonds. The normalized spacial score (nSPS) is 10.7. The molecule has 3 rings (SSSR count). The van der Waals surface area contributed by atoms with Crippen LogP contribution in [-0.4, -0.2) is 29.9 Å². The summed E-state index contributed by atoms with van der Waals surface area (Å²) in [6.07, 6.45) is 1.65. The topological polar surface area (TPSA) is 59.8 Å². The lowest BCUT2D eigenvalue weighted by Gasteiger charge is -2.20. The number of nitrogens with zero attached hydrogens (tertiary/aromatic N) is 1. The van der Waals surface area contributed by atoms with E-state index in [1.165, 1.54) is 0 Å². The van der Waals surface area contributed by atoms with Crippen LogP contribution in [0.3, 0.4) is 0 Å². The third-order valence-electron chi connectivity index (χ3n) is 4.45. The van der Waals surface area contributed by atoms with Crippen molar-refractivity contribution in [3.63, 3.8) is 0 Å². The Morgan fingerprint density at radius 1 is 1.11 bits per heavy atom. The molecule has 3 aromatic rings. The van der Waals surface area contributed by atoms with Gasteiger partial charge in [-0.3, -0.25) is 9.59 Å². The van der Waals surface area contributed by atoms with Crippen molar-refractivity contribution < 1.29 is 18.7 Å². The molecule has 0 spiro atoms. The largest absolute Gasteiger partial charge is 0.464 e. The van der Waals surface area contributed by atoms with E-state index in [-0.39, 0.29) is 18.9 Å². The number of esters is 1. The number of amides is 1. The summed E-state index contributed by atoms with van der Waals surface area (Å²) in [7, 11) is 0. The predicted octanol–water partition coefficient (Wildman–Crippen LogP) is 3.88. The Kier molecular flexibility index (Phi) is 5.91. The van der Waals surface area contributed by atoms with Crippen molar-refractivity contribution in [2.24, 2.45) is 0 Å². The SMILES string of the molecule is CCN(Cc1ccccc1)C(=O)COC(=O)Cc1coc2cc(C)ccc12. The highest BCUT2D eigenvalue weighted by molar-refractivity contribution is 5.87. The number of hydrogen-bond donors (Lipinski definition) is 0. The average Bonchev–Trinajstić information content (AvgIpc) is 3.06. The van der Waals surface area contributed by atoms with Gasteiger partial charge in [-0.25, -0.2) is 0 Å². The summed E-state index contributed by atoms with van der Waals surface area (Å²) in [5.41, 5.74) is 3.64. The Morgan fingerprint density at radius 2 is 1.89 bits per heavy atom. The maximum atomic E-state index is 12.4. The number of rotatable bonds is 7. The van der Waals surface area contributed by atoms with Gasteiger partial charge < -0.3 is 14.1 Å². The van der Waals surface area contributed by atoms with Crippen LogP contribution >= 0.6 is 0 Å². The molecule has 0 aliphatic heterocycles. The first kappa shape index (κ1) is 18.7. The third kappa shape index (κ3) is 4.76. The average molecular weight is 365 g/mol. The van der Waals surface area contributed by atoms with Gasteiger partial charge >= 0.3 is 5.97 Å². The van der Waals surface area contributed by atoms with Gasteiger partial charge in [0.05, 0.1) is 12.7 Å². The van der Waals surface area contributed by atoms with Gasteiger partial charge in [0.2, 0.25) is 0 Å². The predicted molar refractivity (Wildman–Crippen MR) is 103 cm³/mol. The second kappa shape index (κ2) is 8.54. The second-order valence-electron chi connectivity index (χ2n) is 6.49. The summed E-state index contributed by atoms with van der Waals surface area (Å²) < 4.78 is 10.7. The van der Waals surface area contributed by atoms with E-state index in [0.29, 0.717) is 13.1 Å². The van der Waals surface area contributed by atoms with Gasteiger partial charge in [-0.2, -0.15) is 0 Å². The van der Waals surface area contributed by atoms with Crippen molar-refractivity contribution in [1.82, 2.24) is 4.90 Å². The number of carbonyl (C=O) groups is 2. The Bertz CT molecular complexity index is 930. The zero-order valence-corrected chi connectivity index (χ0v) is 15.6. The van der Waals surface area contributed by atoms with Crippen molar-refractivity contribution in [2.75, 3.05) is 13.2 Å². The van der Waals surface area contributed by atoms with Crippen LogP contribution in [0.25, 0.3) is 11.0 Å². The Morgan fingerprint density at radius 3 is 2.63 bits per heavy atom. The van der Waals surface area contributed by atoms with Gasteiger partial charge in [0, 0.05) is 24.0 Å². The summed E-state index contributed by atoms with van der Waals surface area (Å²) in [5, 5.41) is 0.892. The molecule has 5 nitrogen and oxygen atoms in total. The summed E-state index contributed by atoms with van der Waals surface area (Å²) in [6.45, 7) is 4.68. The molecule has 140 valence electrons. The third-order valence-corrected chi connectivity index (χ3v) is 4.45. The molecule has 0 fully saturated rings. The lowest BCUT2D eigenvalue weighted by atomic mass is 10.1. The van der Waals surface area contributed by atoms with Gasteiger partial charge in [-0.1, -0.05) is 42.5 Å². The van der Waals surface area contributed by atoms with Gasteiger partial charge in [-0.05, 0) is 31.0 Å². The van der Waals surface area contributed by atoms with Crippen molar-refractivity contribution in [3.8, 4) is 0 Å². The summed E-state index contributed by atoms with van der Waals surface area (Å²) in [4.78, 5) is 26.2. The molecule has 0 aliphatic rings. The monoisotopic (exact) mass is 365 g/mol. The first-order valence-corrected chi connectivity index (χ1v) is 9.01. The number of furan rings is 1. The zero-order chi connectivity index (χ0) is 19.2. The first-order chi connectivity index (χ1) is 13.1. The molecule has 27 heavy (non-hydrogen) atoms. The van der Waals surface area contributed by atoms with Crippen molar-refractivity contribution >= 4 is 22.8 Å². The van der Waals surface area contributed by atoms with Crippen molar-refractivity contribution in [2.45, 2.75) is 26.8 Å². The molecule has 1 heterocycles. The maximum absolute atomic E-state index is 12.4. The molecule has 0 unspecified atom stereocenters. The highest BCUT2D eigenvalue weighted by Crippen LogP contribution is 2.22. The van der Waals surface area contributed by atoms with Crippen LogP contribution in [0.1, 0.15) is 23.6 Å². The Labute approximate surface area is 158 Å². The maximum Gasteiger partial charge on any atom is 0.310 e. The van der Waals surface area contributed by atoms with Crippen LogP contribution in [0.2, 0.25) is 0 Å². The number of carbonyl (C=O) groups excluding carboxylic acids is 2. The van der Waals surface area contributed by atoms with Crippen LogP contribution in [0.4, 0.5) is 0 Å². The molecule has 0 saturated carbocycles. The van der Waals surface area contributed by atoms with Gasteiger partial charge in [0.1, 0.15) is 5.58 Å². The first-order valence-electron chi connectivity index (χ1n) is 9.01. The Balaban J connectivity index is 1.55. The lowest BCUT2D eigenvalue weighted by molar-refractivity contribution is -0.151. The minimum atomic E-state index is -0.442. The fourth-order valence-electron chi connectivity index (χ4n) is 2.95. The van der Waals surface area contributed by atoms with Crippen LogP contribution < -0.4 is 0 Å². The quantitative estimate of drug-likeness (QED) is 0.596. The minimum Gasteiger partial charge on any atom is -0.464 e. The standard InChI is InChI=1S/C22H23NO4/c1-3-23(13-17-7-5-4-6-8-17)21(24)15-27-22(25)12-18-14-26-20-11-16(2)9-10-19(18)20/h4-11,14H,3,12-13,15H2,1-2H3. The fraction of sp³-hybridized carbons (Fsp3) is 0.273. The number of benzene rings is 2. The van der Waals surface area contributed by atoms with Crippen molar-refractivity contribution in [3.05, 3.63) is 71.5 Å². The molecule has 0 atom stereocenters. The molecule has 0 bridgehead atoms. The number of likely N-dealkylation sites (N-methyl/N-ethyl adjacent to an activating group) is 1. The smallest absolute Gasteiger partial charge is 0.310 e. The molecule has 2 aromatic carbocycles. The van der Waals surface area contributed by atoms with E-state index in [9.17, 15) is 9.59 Å². The zero-order valence-electron chi connectivity index (χ0n) is 15.6. The number of fused-ring (bicyclic) bond motifs is 1. The van der Waals surface area contributed by atoms with Crippen LogP contribution in [-0.2, 0) is 27.3 Å². The van der Waals surface area contributed by atoms with Gasteiger partial charge in [-0.15, -0.1) is 0 Å². The van der Waals surface area contributed by atoms with E-state index in [4.69, 9.17) is 9.15 Å². The molecule has 1 aromatic heterocycles. The van der Waals surface area contributed by atoms with Crippen LogP contribution in [0.5, 0.6) is 0 Å². The van der Waals surface area contributed by atoms with Crippen LogP contribution in [0, 0.1) is 6.92 Å². The lowest BCUT2D eigenvalue weighted by Crippen LogP contribution is -2.34. The van der Waals surface area contributed by atoms with E-state index >= 15 is 0 Å². The Hall–Kier alpha value is -3.08. The van der Waals surface area contributed by atoms with E-state index in [1.807, 2.05) is 62.4 Å². The van der Waals surface area contributed by atoms with Gasteiger partial charge in [0.15, 0.2) is 6.61 Å².